The molecule has 1 saturated carbocycles. The molecule has 1 aromatic carbocycles. The molecule has 2 atom stereocenters. The molecule has 1 saturated heterocycles. The summed E-state index contributed by atoms with van der Waals surface area (Å²) in [5, 5.41) is 2.07. The van der Waals surface area contributed by atoms with Crippen LogP contribution in [0.15, 0.2) is 41.8 Å². The van der Waals surface area contributed by atoms with Crippen LogP contribution in [0.3, 0.4) is 0 Å². The fourth-order valence-corrected chi connectivity index (χ4v) is 4.43. The summed E-state index contributed by atoms with van der Waals surface area (Å²) in [6.45, 7) is 4.54. The van der Waals surface area contributed by atoms with Crippen LogP contribution >= 0.6 is 11.3 Å². The van der Waals surface area contributed by atoms with Gasteiger partial charge in [-0.1, -0.05) is 23.8 Å². The average molecular weight is 354 g/mol. The Morgan fingerprint density at radius 1 is 1.00 bits per heavy atom. The highest BCUT2D eigenvalue weighted by Crippen LogP contribution is 2.50. The first-order valence-electron chi connectivity index (χ1n) is 8.81. The number of nitrogens with zero attached hydrogens (tertiary/aromatic N) is 2. The fourth-order valence-electron chi connectivity index (χ4n) is 3.53. The Morgan fingerprint density at radius 2 is 1.68 bits per heavy atom. The predicted octanol–water partition coefficient (Wildman–Crippen LogP) is 3.14. The number of thiophene rings is 1. The molecule has 1 aliphatic carbocycles. The van der Waals surface area contributed by atoms with Gasteiger partial charge in [-0.15, -0.1) is 11.3 Å². The predicted molar refractivity (Wildman–Crippen MR) is 98.8 cm³/mol. The van der Waals surface area contributed by atoms with Crippen molar-refractivity contribution in [3.05, 3.63) is 57.8 Å². The van der Waals surface area contributed by atoms with E-state index in [9.17, 15) is 9.59 Å². The van der Waals surface area contributed by atoms with E-state index < -0.39 is 0 Å². The third-order valence-electron chi connectivity index (χ3n) is 5.19. The highest BCUT2D eigenvalue weighted by molar-refractivity contribution is 7.10. The minimum Gasteiger partial charge on any atom is -0.339 e. The zero-order chi connectivity index (χ0) is 17.4. The smallest absolute Gasteiger partial charge is 0.253 e. The molecule has 4 rings (SSSR count). The van der Waals surface area contributed by atoms with E-state index in [4.69, 9.17) is 0 Å². The van der Waals surface area contributed by atoms with Crippen molar-refractivity contribution >= 4 is 23.2 Å². The molecule has 1 aromatic heterocycles. The summed E-state index contributed by atoms with van der Waals surface area (Å²) in [6, 6.07) is 11.9. The van der Waals surface area contributed by atoms with Gasteiger partial charge in [0.05, 0.1) is 0 Å². The zero-order valence-corrected chi connectivity index (χ0v) is 15.2. The van der Waals surface area contributed by atoms with Crippen LogP contribution < -0.4 is 0 Å². The lowest BCUT2D eigenvalue weighted by Gasteiger charge is -2.35. The SMILES string of the molecule is Cc1ccc(C(=O)N2CCN(C(=O)C3CC3c3cccs3)CC2)cc1. The van der Waals surface area contributed by atoms with Gasteiger partial charge in [0.2, 0.25) is 5.91 Å². The quantitative estimate of drug-likeness (QED) is 0.850. The summed E-state index contributed by atoms with van der Waals surface area (Å²) in [5.74, 6) is 0.897. The maximum absolute atomic E-state index is 12.7. The van der Waals surface area contributed by atoms with Crippen LogP contribution in [0, 0.1) is 12.8 Å². The van der Waals surface area contributed by atoms with Crippen LogP contribution in [0.5, 0.6) is 0 Å². The molecule has 2 unspecified atom stereocenters. The average Bonchev–Trinajstić information content (AvgIpc) is 3.26. The molecular weight excluding hydrogens is 332 g/mol. The van der Waals surface area contributed by atoms with E-state index in [0.717, 1.165) is 17.5 Å². The first-order valence-corrected chi connectivity index (χ1v) is 9.69. The van der Waals surface area contributed by atoms with Crippen LogP contribution in [-0.2, 0) is 4.79 Å². The number of hydrogen-bond donors (Lipinski definition) is 0. The Morgan fingerprint density at radius 3 is 2.32 bits per heavy atom. The topological polar surface area (TPSA) is 40.6 Å². The molecule has 2 aromatic rings. The number of benzene rings is 1. The summed E-state index contributed by atoms with van der Waals surface area (Å²) in [7, 11) is 0. The largest absolute Gasteiger partial charge is 0.339 e. The molecule has 2 aliphatic rings. The summed E-state index contributed by atoms with van der Waals surface area (Å²) in [5.41, 5.74) is 1.88. The molecule has 0 spiro atoms. The normalized spacial score (nSPS) is 22.8. The maximum atomic E-state index is 12.7. The number of piperazine rings is 1. The Labute approximate surface area is 152 Å². The molecule has 4 nitrogen and oxygen atoms in total. The first kappa shape index (κ1) is 16.3. The van der Waals surface area contributed by atoms with Crippen molar-refractivity contribution in [2.45, 2.75) is 19.3 Å². The highest BCUT2D eigenvalue weighted by atomic mass is 32.1. The molecule has 2 fully saturated rings. The molecule has 0 N–H and O–H groups in total. The lowest BCUT2D eigenvalue weighted by Crippen LogP contribution is -2.51. The van der Waals surface area contributed by atoms with Gasteiger partial charge < -0.3 is 9.80 Å². The van der Waals surface area contributed by atoms with Gasteiger partial charge in [0, 0.05) is 48.5 Å². The number of amides is 2. The lowest BCUT2D eigenvalue weighted by molar-refractivity contribution is -0.134. The van der Waals surface area contributed by atoms with Crippen LogP contribution in [0.25, 0.3) is 0 Å². The molecule has 1 aliphatic heterocycles. The van der Waals surface area contributed by atoms with Gasteiger partial charge in [-0.3, -0.25) is 9.59 Å². The third kappa shape index (κ3) is 3.33. The van der Waals surface area contributed by atoms with Crippen molar-refractivity contribution in [1.82, 2.24) is 9.80 Å². The number of carbonyl (C=O) groups is 2. The van der Waals surface area contributed by atoms with Crippen molar-refractivity contribution in [2.24, 2.45) is 5.92 Å². The first-order chi connectivity index (χ1) is 12.1. The Balaban J connectivity index is 1.32. The van der Waals surface area contributed by atoms with Gasteiger partial charge in [0.15, 0.2) is 0 Å². The van der Waals surface area contributed by atoms with Gasteiger partial charge in [0.25, 0.3) is 5.91 Å². The molecule has 0 radical (unpaired) electrons. The van der Waals surface area contributed by atoms with Gasteiger partial charge in [-0.25, -0.2) is 0 Å². The van der Waals surface area contributed by atoms with Crippen molar-refractivity contribution in [2.75, 3.05) is 26.2 Å². The van der Waals surface area contributed by atoms with Crippen molar-refractivity contribution < 1.29 is 9.59 Å². The van der Waals surface area contributed by atoms with Gasteiger partial charge >= 0.3 is 0 Å². The fraction of sp³-hybridized carbons (Fsp3) is 0.400. The van der Waals surface area contributed by atoms with Crippen molar-refractivity contribution in [1.29, 1.82) is 0 Å². The van der Waals surface area contributed by atoms with E-state index in [1.807, 2.05) is 41.0 Å². The Kier molecular flexibility index (Phi) is 4.34. The summed E-state index contributed by atoms with van der Waals surface area (Å²) < 4.78 is 0. The Hall–Kier alpha value is -2.14. The molecule has 2 heterocycles. The maximum Gasteiger partial charge on any atom is 0.253 e. The van der Waals surface area contributed by atoms with Gasteiger partial charge in [-0.05, 0) is 36.9 Å². The van der Waals surface area contributed by atoms with E-state index in [0.29, 0.717) is 32.1 Å². The standard InChI is InChI=1S/C20H22N2O2S/c1-14-4-6-15(7-5-14)19(23)21-8-10-22(11-9-21)20(24)17-13-16(17)18-3-2-12-25-18/h2-7,12,16-17H,8-11,13H2,1H3. The minimum absolute atomic E-state index is 0.0648. The number of aryl methyl sites for hydroxylation is 1. The number of rotatable bonds is 3. The molecule has 25 heavy (non-hydrogen) atoms. The zero-order valence-electron chi connectivity index (χ0n) is 14.4. The van der Waals surface area contributed by atoms with E-state index in [1.54, 1.807) is 11.3 Å². The van der Waals surface area contributed by atoms with Crippen LogP contribution in [0.2, 0.25) is 0 Å². The Bertz CT molecular complexity index is 762. The van der Waals surface area contributed by atoms with E-state index >= 15 is 0 Å². The monoisotopic (exact) mass is 354 g/mol. The lowest BCUT2D eigenvalue weighted by atomic mass is 10.1. The summed E-state index contributed by atoms with van der Waals surface area (Å²) in [6.07, 6.45) is 0.974. The van der Waals surface area contributed by atoms with Gasteiger partial charge in [0.1, 0.15) is 0 Å². The number of hydrogen-bond acceptors (Lipinski definition) is 3. The second kappa shape index (κ2) is 6.64. The van der Waals surface area contributed by atoms with E-state index in [-0.39, 0.29) is 17.7 Å². The molecule has 2 amide bonds. The van der Waals surface area contributed by atoms with Crippen molar-refractivity contribution in [3.8, 4) is 0 Å². The molecule has 5 heteroatoms. The molecule has 0 bridgehead atoms. The number of carbonyl (C=O) groups excluding carboxylic acids is 2. The second-order valence-electron chi connectivity index (χ2n) is 6.95. The van der Waals surface area contributed by atoms with E-state index in [1.165, 1.54) is 4.88 Å². The summed E-state index contributed by atoms with van der Waals surface area (Å²) >= 11 is 1.74. The molecular formula is C20H22N2O2S. The van der Waals surface area contributed by atoms with Crippen LogP contribution in [-0.4, -0.2) is 47.8 Å². The van der Waals surface area contributed by atoms with Crippen molar-refractivity contribution in [3.63, 3.8) is 0 Å². The van der Waals surface area contributed by atoms with E-state index in [2.05, 4.69) is 17.5 Å². The van der Waals surface area contributed by atoms with Crippen LogP contribution in [0.1, 0.15) is 33.1 Å². The van der Waals surface area contributed by atoms with Gasteiger partial charge in [-0.2, -0.15) is 0 Å². The summed E-state index contributed by atoms with van der Waals surface area (Å²) in [4.78, 5) is 30.4. The molecule has 130 valence electrons. The van der Waals surface area contributed by atoms with Crippen LogP contribution in [0.4, 0.5) is 0 Å². The minimum atomic E-state index is 0.0648. The highest BCUT2D eigenvalue weighted by Gasteiger charge is 2.46. The second-order valence-corrected chi connectivity index (χ2v) is 7.93. The third-order valence-corrected chi connectivity index (χ3v) is 6.20.